The van der Waals surface area contributed by atoms with E-state index in [1.165, 1.54) is 12.0 Å². The molecule has 0 aromatic rings. The van der Waals surface area contributed by atoms with Crippen LogP contribution in [0.1, 0.15) is 65.2 Å². The summed E-state index contributed by atoms with van der Waals surface area (Å²) in [5.41, 5.74) is 0.575. The van der Waals surface area contributed by atoms with Crippen molar-refractivity contribution in [3.05, 3.63) is 11.6 Å². The molecule has 0 spiro atoms. The van der Waals surface area contributed by atoms with Gasteiger partial charge in [-0.05, 0) is 74.2 Å². The molecule has 0 amide bonds. The van der Waals surface area contributed by atoms with E-state index in [-0.39, 0.29) is 10.8 Å². The van der Waals surface area contributed by atoms with Crippen molar-refractivity contribution in [2.24, 2.45) is 28.6 Å². The zero-order valence-electron chi connectivity index (χ0n) is 14.4. The van der Waals surface area contributed by atoms with Crippen molar-refractivity contribution < 1.29 is 9.90 Å². The molecule has 0 saturated heterocycles. The second-order valence-electron chi connectivity index (χ2n) is 8.97. The molecular weight excluding hydrogens is 284 g/mol. The number of aliphatic hydroxyl groups is 1. The highest BCUT2D eigenvalue weighted by Gasteiger charge is 2.63. The molecular formula is C21H28O2. The number of allylic oxidation sites excluding steroid dienone is 1. The Labute approximate surface area is 139 Å². The molecule has 0 aliphatic heterocycles. The number of terminal acetylenes is 1. The molecule has 124 valence electrons. The van der Waals surface area contributed by atoms with Crippen LogP contribution in [-0.2, 0) is 4.79 Å². The van der Waals surface area contributed by atoms with Gasteiger partial charge in [0.05, 0.1) is 0 Å². The molecule has 1 N–H and O–H groups in total. The van der Waals surface area contributed by atoms with E-state index in [2.05, 4.69) is 19.8 Å². The minimum atomic E-state index is -0.914. The molecule has 0 aromatic carbocycles. The molecule has 0 bridgehead atoms. The molecule has 4 aliphatic carbocycles. The van der Waals surface area contributed by atoms with Gasteiger partial charge in [0.25, 0.3) is 0 Å². The van der Waals surface area contributed by atoms with E-state index in [1.54, 1.807) is 0 Å². The maximum Gasteiger partial charge on any atom is 0.155 e. The lowest BCUT2D eigenvalue weighted by Crippen LogP contribution is -2.54. The highest BCUT2D eigenvalue weighted by Crippen LogP contribution is 2.67. The third kappa shape index (κ3) is 1.84. The Morgan fingerprint density at radius 1 is 1.13 bits per heavy atom. The SMILES string of the molecule is C#C[C@]1(O)CC[C@@H]2[C@H]3CCC4=CC(=O)CC[C@]4(C)[C@H]3CC[C@@]21C. The number of hydrogen-bond donors (Lipinski definition) is 1. The predicted octanol–water partition coefficient (Wildman–Crippen LogP) is 3.88. The van der Waals surface area contributed by atoms with Crippen LogP contribution in [0.2, 0.25) is 0 Å². The van der Waals surface area contributed by atoms with Crippen molar-refractivity contribution in [1.29, 1.82) is 0 Å². The van der Waals surface area contributed by atoms with Crippen LogP contribution in [0.5, 0.6) is 0 Å². The summed E-state index contributed by atoms with van der Waals surface area (Å²) in [5.74, 6) is 4.93. The van der Waals surface area contributed by atoms with Crippen molar-refractivity contribution in [1.82, 2.24) is 0 Å². The number of carbonyl (C=O) groups excluding carboxylic acids is 1. The average molecular weight is 312 g/mol. The van der Waals surface area contributed by atoms with Crippen LogP contribution in [0, 0.1) is 40.9 Å². The third-order valence-electron chi connectivity index (χ3n) is 8.35. The first-order chi connectivity index (χ1) is 10.8. The van der Waals surface area contributed by atoms with Gasteiger partial charge in [0, 0.05) is 11.8 Å². The van der Waals surface area contributed by atoms with Gasteiger partial charge in [0.2, 0.25) is 0 Å². The Morgan fingerprint density at radius 3 is 2.61 bits per heavy atom. The highest BCUT2D eigenvalue weighted by atomic mass is 16.3. The number of rotatable bonds is 0. The summed E-state index contributed by atoms with van der Waals surface area (Å²) >= 11 is 0. The fourth-order valence-corrected chi connectivity index (χ4v) is 6.81. The molecule has 0 unspecified atom stereocenters. The van der Waals surface area contributed by atoms with Crippen LogP contribution < -0.4 is 0 Å². The van der Waals surface area contributed by atoms with Crippen molar-refractivity contribution in [3.63, 3.8) is 0 Å². The molecule has 0 heterocycles. The Morgan fingerprint density at radius 2 is 1.87 bits per heavy atom. The van der Waals surface area contributed by atoms with Gasteiger partial charge >= 0.3 is 0 Å². The van der Waals surface area contributed by atoms with Gasteiger partial charge in [-0.3, -0.25) is 4.79 Å². The van der Waals surface area contributed by atoms with Crippen LogP contribution in [0.4, 0.5) is 0 Å². The van der Waals surface area contributed by atoms with Crippen LogP contribution in [0.15, 0.2) is 11.6 Å². The second kappa shape index (κ2) is 4.73. The quantitative estimate of drug-likeness (QED) is 0.689. The van der Waals surface area contributed by atoms with E-state index in [4.69, 9.17) is 6.42 Å². The summed E-state index contributed by atoms with van der Waals surface area (Å²) < 4.78 is 0. The molecule has 0 radical (unpaired) electrons. The highest BCUT2D eigenvalue weighted by molar-refractivity contribution is 5.91. The lowest BCUT2D eigenvalue weighted by molar-refractivity contribution is -0.119. The minimum absolute atomic E-state index is 0.120. The van der Waals surface area contributed by atoms with Gasteiger partial charge in [-0.1, -0.05) is 25.3 Å². The van der Waals surface area contributed by atoms with Gasteiger partial charge in [-0.2, -0.15) is 0 Å². The van der Waals surface area contributed by atoms with Gasteiger partial charge in [-0.15, -0.1) is 6.42 Å². The Balaban J connectivity index is 1.70. The fourth-order valence-electron chi connectivity index (χ4n) is 6.81. The summed E-state index contributed by atoms with van der Waals surface area (Å²) in [7, 11) is 0. The van der Waals surface area contributed by atoms with Gasteiger partial charge < -0.3 is 5.11 Å². The summed E-state index contributed by atoms with van der Waals surface area (Å²) in [4.78, 5) is 11.8. The van der Waals surface area contributed by atoms with E-state index in [9.17, 15) is 9.90 Å². The largest absolute Gasteiger partial charge is 0.377 e. The Bertz CT molecular complexity index is 626. The number of carbonyl (C=O) groups is 1. The van der Waals surface area contributed by atoms with Crippen LogP contribution in [0.3, 0.4) is 0 Å². The number of fused-ring (bicyclic) bond motifs is 5. The topological polar surface area (TPSA) is 37.3 Å². The van der Waals surface area contributed by atoms with Crippen LogP contribution in [0.25, 0.3) is 0 Å². The standard InChI is InChI=1S/C21H28O2/c1-4-21(23)12-9-18-16-6-5-14-13-15(22)7-10-19(14,2)17(16)8-11-20(18,21)3/h1,13,16-18,23H,5-12H2,2-3H3/t16-,17-,18+,19-,20-,21-/m0/s1. The molecule has 4 rings (SSSR count). The molecule has 3 fully saturated rings. The predicted molar refractivity (Wildman–Crippen MR) is 90.5 cm³/mol. The van der Waals surface area contributed by atoms with Crippen LogP contribution >= 0.6 is 0 Å². The number of hydrogen-bond acceptors (Lipinski definition) is 2. The minimum Gasteiger partial charge on any atom is -0.377 e. The molecule has 6 atom stereocenters. The maximum absolute atomic E-state index is 11.8. The first kappa shape index (κ1) is 15.5. The zero-order chi connectivity index (χ0) is 16.5. The van der Waals surface area contributed by atoms with Crippen LogP contribution in [-0.4, -0.2) is 16.5 Å². The van der Waals surface area contributed by atoms with E-state index in [0.29, 0.717) is 30.0 Å². The third-order valence-corrected chi connectivity index (χ3v) is 8.35. The first-order valence-electron chi connectivity index (χ1n) is 9.28. The average Bonchev–Trinajstić information content (AvgIpc) is 2.80. The summed E-state index contributed by atoms with van der Waals surface area (Å²) in [6.07, 6.45) is 15.6. The number of ketones is 1. The molecule has 23 heavy (non-hydrogen) atoms. The van der Waals surface area contributed by atoms with Gasteiger partial charge in [0.15, 0.2) is 5.78 Å². The monoisotopic (exact) mass is 312 g/mol. The van der Waals surface area contributed by atoms with E-state index in [0.717, 1.165) is 38.5 Å². The van der Waals surface area contributed by atoms with Crippen molar-refractivity contribution in [3.8, 4) is 12.3 Å². The summed E-state index contributed by atoms with van der Waals surface area (Å²) in [6, 6.07) is 0. The van der Waals surface area contributed by atoms with E-state index < -0.39 is 5.60 Å². The van der Waals surface area contributed by atoms with Crippen molar-refractivity contribution >= 4 is 5.78 Å². The normalized spacial score (nSPS) is 52.0. The fraction of sp³-hybridized carbons (Fsp3) is 0.762. The van der Waals surface area contributed by atoms with E-state index >= 15 is 0 Å². The first-order valence-corrected chi connectivity index (χ1v) is 9.28. The molecule has 2 heteroatoms. The lowest BCUT2D eigenvalue weighted by atomic mass is 9.46. The van der Waals surface area contributed by atoms with Gasteiger partial charge in [-0.25, -0.2) is 0 Å². The van der Waals surface area contributed by atoms with Gasteiger partial charge in [0.1, 0.15) is 5.60 Å². The second-order valence-corrected chi connectivity index (χ2v) is 8.97. The van der Waals surface area contributed by atoms with Crippen molar-refractivity contribution in [2.45, 2.75) is 70.8 Å². The molecule has 3 saturated carbocycles. The smallest absolute Gasteiger partial charge is 0.155 e. The summed E-state index contributed by atoms with van der Waals surface area (Å²) in [5, 5.41) is 11.0. The molecule has 4 aliphatic rings. The summed E-state index contributed by atoms with van der Waals surface area (Å²) in [6.45, 7) is 4.63. The zero-order valence-corrected chi connectivity index (χ0v) is 14.4. The maximum atomic E-state index is 11.8. The van der Waals surface area contributed by atoms with Crippen molar-refractivity contribution in [2.75, 3.05) is 0 Å². The van der Waals surface area contributed by atoms with E-state index in [1.807, 2.05) is 6.08 Å². The molecule has 0 aromatic heterocycles. The lowest BCUT2D eigenvalue weighted by Gasteiger charge is -2.58. The Kier molecular flexibility index (Phi) is 3.18. The Hall–Kier alpha value is -1.07. The molecule has 2 nitrogen and oxygen atoms in total.